The van der Waals surface area contributed by atoms with Crippen molar-refractivity contribution in [3.05, 3.63) is 39.4 Å². The summed E-state index contributed by atoms with van der Waals surface area (Å²) < 4.78 is 2.95. The fourth-order valence-electron chi connectivity index (χ4n) is 3.47. The maximum Gasteiger partial charge on any atom is 0.338 e. The number of carboxylic acid groups (broad SMARTS) is 1. The summed E-state index contributed by atoms with van der Waals surface area (Å²) in [6.45, 7) is 8.47. The molecule has 0 radical (unpaired) electrons. The predicted octanol–water partition coefficient (Wildman–Crippen LogP) is 3.38. The third-order valence-corrected chi connectivity index (χ3v) is 4.87. The topological polar surface area (TPSA) is 81.3 Å². The summed E-state index contributed by atoms with van der Waals surface area (Å²) in [4.78, 5) is 37.1. The van der Waals surface area contributed by atoms with Gasteiger partial charge >= 0.3 is 5.97 Å². The standard InChI is InChI=1S/C19H22N2O4/c1-5-12-11(4)17(22)21-14(12)8-15-16(18(21)23)13(19(24)25)9-20(15)7-6-10(2)3/h8-10H,5-7H2,1-4H3,(H,24,25). The fraction of sp³-hybridized carbons (Fsp3) is 0.421. The second-order valence-corrected chi connectivity index (χ2v) is 6.92. The van der Waals surface area contributed by atoms with Crippen LogP contribution in [0.2, 0.25) is 0 Å². The Morgan fingerprint density at radius 2 is 1.96 bits per heavy atom. The van der Waals surface area contributed by atoms with Crippen molar-refractivity contribution in [2.45, 2.75) is 47.1 Å². The number of aromatic carboxylic acids is 1. The first kappa shape index (κ1) is 17.2. The van der Waals surface area contributed by atoms with Crippen LogP contribution in [0, 0.1) is 5.92 Å². The van der Waals surface area contributed by atoms with Gasteiger partial charge in [0.05, 0.1) is 22.2 Å². The molecule has 0 aromatic carbocycles. The van der Waals surface area contributed by atoms with E-state index in [1.165, 1.54) is 6.20 Å². The Morgan fingerprint density at radius 1 is 1.28 bits per heavy atom. The minimum atomic E-state index is -1.16. The Bertz CT molecular complexity index is 989. The summed E-state index contributed by atoms with van der Waals surface area (Å²) in [6, 6.07) is 1.79. The van der Waals surface area contributed by atoms with Gasteiger partial charge < -0.3 is 9.67 Å². The van der Waals surface area contributed by atoms with E-state index >= 15 is 0 Å². The lowest BCUT2D eigenvalue weighted by Crippen LogP contribution is -2.26. The second kappa shape index (κ2) is 6.02. The number of allylic oxidation sites excluding steroid dienone is 2. The third kappa shape index (κ3) is 2.52. The maximum atomic E-state index is 13.0. The van der Waals surface area contributed by atoms with Gasteiger partial charge in [0.15, 0.2) is 0 Å². The molecule has 1 N–H and O–H groups in total. The van der Waals surface area contributed by atoms with Gasteiger partial charge in [-0.1, -0.05) is 20.8 Å². The summed E-state index contributed by atoms with van der Waals surface area (Å²) in [5, 5.41) is 9.62. The van der Waals surface area contributed by atoms with Crippen molar-refractivity contribution in [1.29, 1.82) is 0 Å². The average Bonchev–Trinajstić information content (AvgIpc) is 3.03. The molecule has 0 saturated carbocycles. The lowest BCUT2D eigenvalue weighted by molar-refractivity contribution is 0.0698. The highest BCUT2D eigenvalue weighted by Crippen LogP contribution is 2.32. The molecule has 1 aliphatic rings. The van der Waals surface area contributed by atoms with Crippen molar-refractivity contribution in [2.75, 3.05) is 0 Å². The van der Waals surface area contributed by atoms with E-state index in [9.17, 15) is 19.5 Å². The molecule has 25 heavy (non-hydrogen) atoms. The molecule has 0 amide bonds. The fourth-order valence-corrected chi connectivity index (χ4v) is 3.47. The van der Waals surface area contributed by atoms with Gasteiger partial charge in [-0.25, -0.2) is 9.36 Å². The number of carbonyl (C=O) groups excluding carboxylic acids is 1. The summed E-state index contributed by atoms with van der Waals surface area (Å²) in [6.07, 6.45) is 3.02. The first-order valence-corrected chi connectivity index (χ1v) is 8.54. The van der Waals surface area contributed by atoms with Crippen molar-refractivity contribution < 1.29 is 14.7 Å². The highest BCUT2D eigenvalue weighted by Gasteiger charge is 2.30. The monoisotopic (exact) mass is 342 g/mol. The molecule has 0 saturated heterocycles. The maximum absolute atomic E-state index is 13.0. The number of rotatable bonds is 5. The molecular formula is C19H22N2O4. The van der Waals surface area contributed by atoms with Gasteiger partial charge in [-0.15, -0.1) is 0 Å². The molecule has 3 rings (SSSR count). The van der Waals surface area contributed by atoms with Crippen molar-refractivity contribution in [1.82, 2.24) is 9.13 Å². The molecule has 132 valence electrons. The van der Waals surface area contributed by atoms with Gasteiger partial charge in [0.25, 0.3) is 11.5 Å². The van der Waals surface area contributed by atoms with Gasteiger partial charge in [-0.2, -0.15) is 0 Å². The molecule has 0 fully saturated rings. The predicted molar refractivity (Wildman–Crippen MR) is 96.1 cm³/mol. The molecule has 1 aliphatic heterocycles. The van der Waals surface area contributed by atoms with Crippen LogP contribution in [0.4, 0.5) is 0 Å². The third-order valence-electron chi connectivity index (χ3n) is 4.87. The molecular weight excluding hydrogens is 320 g/mol. The highest BCUT2D eigenvalue weighted by molar-refractivity contribution is 6.11. The number of carbonyl (C=O) groups is 2. The average molecular weight is 342 g/mol. The van der Waals surface area contributed by atoms with E-state index in [0.717, 1.165) is 16.6 Å². The van der Waals surface area contributed by atoms with Crippen molar-refractivity contribution in [3.8, 4) is 0 Å². The van der Waals surface area contributed by atoms with E-state index in [0.29, 0.717) is 35.7 Å². The van der Waals surface area contributed by atoms with Crippen molar-refractivity contribution >= 4 is 28.4 Å². The van der Waals surface area contributed by atoms with Crippen LogP contribution in [0.15, 0.2) is 22.6 Å². The van der Waals surface area contributed by atoms with Crippen LogP contribution in [0.1, 0.15) is 61.4 Å². The Kier molecular flexibility index (Phi) is 4.14. The first-order valence-electron chi connectivity index (χ1n) is 8.54. The molecule has 0 atom stereocenters. The lowest BCUT2D eigenvalue weighted by atomic mass is 10.1. The molecule has 3 heterocycles. The minimum absolute atomic E-state index is 0.0468. The number of carboxylic acids is 1. The Morgan fingerprint density at radius 3 is 2.52 bits per heavy atom. The molecule has 0 spiro atoms. The molecule has 0 aliphatic carbocycles. The van der Waals surface area contributed by atoms with Crippen LogP contribution >= 0.6 is 0 Å². The Balaban J connectivity index is 2.34. The van der Waals surface area contributed by atoms with Gasteiger partial charge in [0.2, 0.25) is 0 Å². The van der Waals surface area contributed by atoms with Crippen LogP contribution in [0.5, 0.6) is 0 Å². The van der Waals surface area contributed by atoms with Crippen LogP contribution in [-0.4, -0.2) is 26.1 Å². The zero-order valence-corrected chi connectivity index (χ0v) is 14.9. The van der Waals surface area contributed by atoms with Crippen LogP contribution in [-0.2, 0) is 6.54 Å². The van der Waals surface area contributed by atoms with Gasteiger partial charge in [0.1, 0.15) is 0 Å². The number of nitrogens with zero attached hydrogens (tertiary/aromatic N) is 2. The molecule has 0 unspecified atom stereocenters. The zero-order valence-electron chi connectivity index (χ0n) is 14.9. The van der Waals surface area contributed by atoms with Crippen LogP contribution in [0.25, 0.3) is 16.5 Å². The second-order valence-electron chi connectivity index (χ2n) is 6.92. The van der Waals surface area contributed by atoms with E-state index < -0.39 is 11.5 Å². The smallest absolute Gasteiger partial charge is 0.338 e. The number of pyridine rings is 1. The molecule has 0 bridgehead atoms. The summed E-state index contributed by atoms with van der Waals surface area (Å²) >= 11 is 0. The number of fused-ring (bicyclic) bond motifs is 2. The number of hydrogen-bond donors (Lipinski definition) is 1. The first-order chi connectivity index (χ1) is 11.8. The number of aryl methyl sites for hydroxylation is 1. The van der Waals surface area contributed by atoms with Crippen LogP contribution < -0.4 is 5.56 Å². The van der Waals surface area contributed by atoms with Gasteiger partial charge in [-0.05, 0) is 37.3 Å². The largest absolute Gasteiger partial charge is 0.478 e. The van der Waals surface area contributed by atoms with E-state index in [2.05, 4.69) is 13.8 Å². The summed E-state index contributed by atoms with van der Waals surface area (Å²) in [5.74, 6) is -1.06. The highest BCUT2D eigenvalue weighted by atomic mass is 16.4. The Labute approximate surface area is 145 Å². The SMILES string of the molecule is CCC1=C(C)C(=O)n2c1cc1c(c(C(=O)O)cn1CCC(C)C)c2=O. The van der Waals surface area contributed by atoms with E-state index in [4.69, 9.17) is 0 Å². The minimum Gasteiger partial charge on any atom is -0.478 e. The Hall–Kier alpha value is -2.63. The number of hydrogen-bond acceptors (Lipinski definition) is 3. The molecule has 6 heteroatoms. The normalized spacial score (nSPS) is 14.0. The van der Waals surface area contributed by atoms with Gasteiger partial charge in [0, 0.05) is 18.3 Å². The quantitative estimate of drug-likeness (QED) is 0.903. The van der Waals surface area contributed by atoms with E-state index in [1.807, 2.05) is 11.5 Å². The van der Waals surface area contributed by atoms with Gasteiger partial charge in [-0.3, -0.25) is 9.59 Å². The molecule has 6 nitrogen and oxygen atoms in total. The number of aromatic nitrogens is 2. The lowest BCUT2D eigenvalue weighted by Gasteiger charge is -2.10. The van der Waals surface area contributed by atoms with E-state index in [1.54, 1.807) is 13.0 Å². The van der Waals surface area contributed by atoms with E-state index in [-0.39, 0.29) is 16.9 Å². The van der Waals surface area contributed by atoms with Crippen molar-refractivity contribution in [3.63, 3.8) is 0 Å². The molecule has 2 aromatic rings. The molecule has 2 aromatic heterocycles. The zero-order chi connectivity index (χ0) is 18.5. The van der Waals surface area contributed by atoms with Crippen LogP contribution in [0.3, 0.4) is 0 Å². The summed E-state index contributed by atoms with van der Waals surface area (Å²) in [5.41, 5.74) is 1.98. The van der Waals surface area contributed by atoms with Crippen molar-refractivity contribution in [2.24, 2.45) is 5.92 Å². The summed E-state index contributed by atoms with van der Waals surface area (Å²) in [7, 11) is 0.